The van der Waals surface area contributed by atoms with E-state index in [0.29, 0.717) is 5.41 Å². The van der Waals surface area contributed by atoms with Crippen molar-refractivity contribution >= 4 is 0 Å². The molecule has 2 nitrogen and oxygen atoms in total. The fourth-order valence-electron chi connectivity index (χ4n) is 3.63. The second-order valence-corrected chi connectivity index (χ2v) is 6.13. The van der Waals surface area contributed by atoms with E-state index < -0.39 is 0 Å². The number of ether oxygens (including phenoxy) is 1. The minimum absolute atomic E-state index is 0.452. The van der Waals surface area contributed by atoms with Crippen molar-refractivity contribution in [1.82, 2.24) is 0 Å². The van der Waals surface area contributed by atoms with Crippen LogP contribution in [0.5, 0.6) is 5.75 Å². The first-order valence-electron chi connectivity index (χ1n) is 7.19. The summed E-state index contributed by atoms with van der Waals surface area (Å²) in [6.07, 6.45) is 6.59. The van der Waals surface area contributed by atoms with Crippen LogP contribution in [0.1, 0.15) is 32.1 Å². The van der Waals surface area contributed by atoms with Crippen LogP contribution < -0.4 is 10.5 Å². The average Bonchev–Trinajstić information content (AvgIpc) is 3.04. The molecule has 98 valence electrons. The van der Waals surface area contributed by atoms with Gasteiger partial charge in [-0.1, -0.05) is 18.2 Å². The third-order valence-corrected chi connectivity index (χ3v) is 4.76. The normalized spacial score (nSPS) is 33.2. The topological polar surface area (TPSA) is 35.2 Å². The van der Waals surface area contributed by atoms with Crippen LogP contribution in [0.15, 0.2) is 30.3 Å². The molecule has 2 aliphatic rings. The number of hydrogen-bond donors (Lipinski definition) is 1. The van der Waals surface area contributed by atoms with Gasteiger partial charge in [0.05, 0.1) is 6.61 Å². The Morgan fingerprint density at radius 2 is 1.89 bits per heavy atom. The Kier molecular flexibility index (Phi) is 3.29. The van der Waals surface area contributed by atoms with E-state index in [-0.39, 0.29) is 0 Å². The molecule has 2 unspecified atom stereocenters. The Morgan fingerprint density at radius 3 is 2.56 bits per heavy atom. The van der Waals surface area contributed by atoms with Gasteiger partial charge in [0, 0.05) is 0 Å². The highest BCUT2D eigenvalue weighted by Gasteiger charge is 2.52. The maximum absolute atomic E-state index is 6.00. The third-order valence-electron chi connectivity index (χ3n) is 4.76. The molecule has 0 radical (unpaired) electrons. The molecule has 0 bridgehead atoms. The highest BCUT2D eigenvalue weighted by molar-refractivity contribution is 5.20. The summed E-state index contributed by atoms with van der Waals surface area (Å²) in [5.41, 5.74) is 6.46. The molecule has 1 aromatic rings. The molecule has 0 aromatic heterocycles. The molecule has 0 amide bonds. The highest BCUT2D eigenvalue weighted by atomic mass is 16.5. The van der Waals surface area contributed by atoms with Gasteiger partial charge in [-0.15, -0.1) is 0 Å². The predicted octanol–water partition coefficient (Wildman–Crippen LogP) is 3.22. The molecule has 3 rings (SSSR count). The van der Waals surface area contributed by atoms with E-state index in [4.69, 9.17) is 10.5 Å². The van der Waals surface area contributed by atoms with E-state index in [9.17, 15) is 0 Å². The summed E-state index contributed by atoms with van der Waals surface area (Å²) in [6, 6.07) is 10.1. The summed E-state index contributed by atoms with van der Waals surface area (Å²) in [4.78, 5) is 0. The summed E-state index contributed by atoms with van der Waals surface area (Å²) < 4.78 is 5.75. The predicted molar refractivity (Wildman–Crippen MR) is 73.5 cm³/mol. The van der Waals surface area contributed by atoms with Gasteiger partial charge in [0.25, 0.3) is 0 Å². The second kappa shape index (κ2) is 4.93. The lowest BCUT2D eigenvalue weighted by Crippen LogP contribution is -2.29. The lowest BCUT2D eigenvalue weighted by Gasteiger charge is -2.29. The molecule has 0 aliphatic heterocycles. The smallest absolute Gasteiger partial charge is 0.119 e. The molecule has 0 spiro atoms. The number of hydrogen-bond acceptors (Lipinski definition) is 2. The Bertz CT molecular complexity index is 379. The average molecular weight is 245 g/mol. The van der Waals surface area contributed by atoms with Crippen molar-refractivity contribution in [3.05, 3.63) is 30.3 Å². The fourth-order valence-corrected chi connectivity index (χ4v) is 3.63. The summed E-state index contributed by atoms with van der Waals surface area (Å²) in [5.74, 6) is 3.01. The standard InChI is InChI=1S/C16H23NO/c17-12-16(10-13-9-14(13)11-16)7-4-8-18-15-5-2-1-3-6-15/h1-3,5-6,13-14H,4,7-12,17H2. The van der Waals surface area contributed by atoms with Gasteiger partial charge >= 0.3 is 0 Å². The Morgan fingerprint density at radius 1 is 1.17 bits per heavy atom. The van der Waals surface area contributed by atoms with Crippen LogP contribution in [0.3, 0.4) is 0 Å². The molecular formula is C16H23NO. The van der Waals surface area contributed by atoms with Gasteiger partial charge in [-0.05, 0) is 68.0 Å². The third kappa shape index (κ3) is 2.54. The Balaban J connectivity index is 1.41. The molecule has 0 heterocycles. The maximum Gasteiger partial charge on any atom is 0.119 e. The first kappa shape index (κ1) is 12.0. The summed E-state index contributed by atoms with van der Waals surface area (Å²) >= 11 is 0. The van der Waals surface area contributed by atoms with Gasteiger partial charge in [-0.25, -0.2) is 0 Å². The molecule has 2 N–H and O–H groups in total. The lowest BCUT2D eigenvalue weighted by molar-refractivity contribution is 0.215. The molecule has 0 saturated heterocycles. The SMILES string of the molecule is NCC1(CCCOc2ccccc2)CC2CC2C1. The summed E-state index contributed by atoms with van der Waals surface area (Å²) in [6.45, 7) is 1.69. The number of fused-ring (bicyclic) bond motifs is 1. The van der Waals surface area contributed by atoms with E-state index in [2.05, 4.69) is 0 Å². The van der Waals surface area contributed by atoms with Crippen LogP contribution in [0.2, 0.25) is 0 Å². The van der Waals surface area contributed by atoms with Crippen LogP contribution >= 0.6 is 0 Å². The molecule has 1 aromatic carbocycles. The fraction of sp³-hybridized carbons (Fsp3) is 0.625. The van der Waals surface area contributed by atoms with Crippen molar-refractivity contribution in [2.45, 2.75) is 32.1 Å². The first-order chi connectivity index (χ1) is 8.81. The van der Waals surface area contributed by atoms with Crippen molar-refractivity contribution in [3.8, 4) is 5.75 Å². The molecule has 2 saturated carbocycles. The van der Waals surface area contributed by atoms with Crippen molar-refractivity contribution in [1.29, 1.82) is 0 Å². The van der Waals surface area contributed by atoms with Crippen molar-refractivity contribution in [2.24, 2.45) is 23.0 Å². The van der Waals surface area contributed by atoms with Gasteiger partial charge in [0.1, 0.15) is 5.75 Å². The highest BCUT2D eigenvalue weighted by Crippen LogP contribution is 2.60. The van der Waals surface area contributed by atoms with Gasteiger partial charge in [-0.3, -0.25) is 0 Å². The van der Waals surface area contributed by atoms with Crippen molar-refractivity contribution < 1.29 is 4.74 Å². The molecule has 2 fully saturated rings. The number of benzene rings is 1. The Hall–Kier alpha value is -1.02. The van der Waals surface area contributed by atoms with Gasteiger partial charge in [-0.2, -0.15) is 0 Å². The van der Waals surface area contributed by atoms with E-state index in [1.807, 2.05) is 30.3 Å². The molecule has 2 aliphatic carbocycles. The van der Waals surface area contributed by atoms with E-state index in [1.54, 1.807) is 0 Å². The number of nitrogens with two attached hydrogens (primary N) is 1. The lowest BCUT2D eigenvalue weighted by atomic mass is 9.79. The van der Waals surface area contributed by atoms with Crippen LogP contribution in [0.4, 0.5) is 0 Å². The van der Waals surface area contributed by atoms with Crippen LogP contribution in [-0.4, -0.2) is 13.2 Å². The molecule has 18 heavy (non-hydrogen) atoms. The van der Waals surface area contributed by atoms with Gasteiger partial charge < -0.3 is 10.5 Å². The number of para-hydroxylation sites is 1. The number of rotatable bonds is 6. The van der Waals surface area contributed by atoms with Gasteiger partial charge in [0.15, 0.2) is 0 Å². The molecular weight excluding hydrogens is 222 g/mol. The van der Waals surface area contributed by atoms with E-state index in [1.165, 1.54) is 25.7 Å². The minimum Gasteiger partial charge on any atom is -0.494 e. The molecule has 2 heteroatoms. The van der Waals surface area contributed by atoms with Gasteiger partial charge in [0.2, 0.25) is 0 Å². The largest absolute Gasteiger partial charge is 0.494 e. The zero-order chi connectivity index (χ0) is 12.4. The first-order valence-corrected chi connectivity index (χ1v) is 7.19. The van der Waals surface area contributed by atoms with E-state index in [0.717, 1.165) is 37.2 Å². The zero-order valence-electron chi connectivity index (χ0n) is 11.0. The van der Waals surface area contributed by atoms with Crippen LogP contribution in [0, 0.1) is 17.3 Å². The Labute approximate surface area is 110 Å². The quantitative estimate of drug-likeness (QED) is 0.781. The molecule has 2 atom stereocenters. The van der Waals surface area contributed by atoms with Crippen molar-refractivity contribution in [2.75, 3.05) is 13.2 Å². The summed E-state index contributed by atoms with van der Waals surface area (Å²) in [7, 11) is 0. The van der Waals surface area contributed by atoms with Crippen LogP contribution in [-0.2, 0) is 0 Å². The van der Waals surface area contributed by atoms with E-state index >= 15 is 0 Å². The zero-order valence-corrected chi connectivity index (χ0v) is 11.0. The summed E-state index contributed by atoms with van der Waals surface area (Å²) in [5, 5.41) is 0. The minimum atomic E-state index is 0.452. The second-order valence-electron chi connectivity index (χ2n) is 6.13. The van der Waals surface area contributed by atoms with Crippen LogP contribution in [0.25, 0.3) is 0 Å². The maximum atomic E-state index is 6.00. The van der Waals surface area contributed by atoms with Crippen molar-refractivity contribution in [3.63, 3.8) is 0 Å². The monoisotopic (exact) mass is 245 g/mol.